The summed E-state index contributed by atoms with van der Waals surface area (Å²) >= 11 is 0. The quantitative estimate of drug-likeness (QED) is 0.449. The van der Waals surface area contributed by atoms with Gasteiger partial charge in [0, 0.05) is 0 Å². The zero-order valence-electron chi connectivity index (χ0n) is 11.2. The Kier molecular flexibility index (Phi) is 5.16. The summed E-state index contributed by atoms with van der Waals surface area (Å²) in [5.74, 6) is 0.457. The molecule has 0 radical (unpaired) electrons. The predicted octanol–water partition coefficient (Wildman–Crippen LogP) is 2.36. The summed E-state index contributed by atoms with van der Waals surface area (Å²) in [5.41, 5.74) is 0.536. The van der Waals surface area contributed by atoms with Gasteiger partial charge in [0.15, 0.2) is 0 Å². The number of ether oxygens (including phenoxy) is 2. The SMILES string of the molecule is C=CC(C)(C)[SiH2]COc1ccc(C(=O)OC)cc1. The van der Waals surface area contributed by atoms with Crippen LogP contribution in [-0.4, -0.2) is 28.8 Å². The van der Waals surface area contributed by atoms with Gasteiger partial charge in [-0.1, -0.05) is 19.9 Å². The lowest BCUT2D eigenvalue weighted by Crippen LogP contribution is -2.18. The maximum Gasteiger partial charge on any atom is 0.337 e. The first-order valence-corrected chi connectivity index (χ1v) is 7.64. The average molecular weight is 264 g/mol. The lowest BCUT2D eigenvalue weighted by atomic mass is 10.2. The van der Waals surface area contributed by atoms with Crippen molar-refractivity contribution < 1.29 is 14.3 Å². The first-order valence-electron chi connectivity index (χ1n) is 5.93. The Morgan fingerprint density at radius 1 is 1.39 bits per heavy atom. The summed E-state index contributed by atoms with van der Waals surface area (Å²) in [6.45, 7) is 8.18. The smallest absolute Gasteiger partial charge is 0.337 e. The first kappa shape index (κ1) is 14.5. The van der Waals surface area contributed by atoms with Crippen LogP contribution in [0.25, 0.3) is 0 Å². The number of esters is 1. The van der Waals surface area contributed by atoms with Crippen LogP contribution in [0.15, 0.2) is 36.9 Å². The maximum atomic E-state index is 11.2. The van der Waals surface area contributed by atoms with Gasteiger partial charge in [-0.25, -0.2) is 4.79 Å². The molecule has 0 aliphatic rings. The van der Waals surface area contributed by atoms with Gasteiger partial charge in [0.2, 0.25) is 0 Å². The molecule has 1 aromatic carbocycles. The van der Waals surface area contributed by atoms with Gasteiger partial charge in [0.25, 0.3) is 0 Å². The normalized spacial score (nSPS) is 11.5. The van der Waals surface area contributed by atoms with Crippen LogP contribution in [0.2, 0.25) is 5.04 Å². The van der Waals surface area contributed by atoms with Gasteiger partial charge in [0.1, 0.15) is 5.75 Å². The van der Waals surface area contributed by atoms with E-state index in [0.29, 0.717) is 5.56 Å². The molecule has 0 amide bonds. The number of rotatable bonds is 6. The van der Waals surface area contributed by atoms with Crippen molar-refractivity contribution in [1.82, 2.24) is 0 Å². The average Bonchev–Trinajstić information content (AvgIpc) is 2.38. The summed E-state index contributed by atoms with van der Waals surface area (Å²) in [7, 11) is 1.00. The Labute approximate surface area is 111 Å². The second kappa shape index (κ2) is 6.40. The third-order valence-corrected chi connectivity index (χ3v) is 4.83. The Balaban J connectivity index is 2.49. The molecule has 98 valence electrons. The van der Waals surface area contributed by atoms with Crippen molar-refractivity contribution in [3.63, 3.8) is 0 Å². The minimum atomic E-state index is -0.366. The standard InChI is InChI=1S/C14H20O3Si/c1-5-14(2,3)18-10-17-12-8-6-11(7-9-12)13(15)16-4/h5-9H,1,10,18H2,2-4H3. The second-order valence-electron chi connectivity index (χ2n) is 4.81. The van der Waals surface area contributed by atoms with Gasteiger partial charge in [-0.05, 0) is 29.3 Å². The number of carbonyl (C=O) groups excluding carboxylic acids is 1. The number of hydrogen-bond donors (Lipinski definition) is 0. The molecular weight excluding hydrogens is 244 g/mol. The van der Waals surface area contributed by atoms with E-state index in [9.17, 15) is 4.79 Å². The van der Waals surface area contributed by atoms with Crippen molar-refractivity contribution in [1.29, 1.82) is 0 Å². The monoisotopic (exact) mass is 264 g/mol. The molecule has 0 heterocycles. The second-order valence-corrected chi connectivity index (χ2v) is 7.54. The highest BCUT2D eigenvalue weighted by Crippen LogP contribution is 2.23. The number of benzene rings is 1. The Bertz CT molecular complexity index is 410. The molecule has 0 spiro atoms. The third-order valence-electron chi connectivity index (χ3n) is 2.84. The van der Waals surface area contributed by atoms with Crippen molar-refractivity contribution in [3.05, 3.63) is 42.5 Å². The zero-order valence-corrected chi connectivity index (χ0v) is 12.6. The van der Waals surface area contributed by atoms with E-state index in [1.807, 2.05) is 6.08 Å². The lowest BCUT2D eigenvalue weighted by molar-refractivity contribution is 0.0600. The molecule has 0 unspecified atom stereocenters. The fourth-order valence-corrected chi connectivity index (χ4v) is 2.41. The molecule has 0 aromatic heterocycles. The number of carbonyl (C=O) groups is 1. The molecule has 0 saturated heterocycles. The van der Waals surface area contributed by atoms with Crippen molar-refractivity contribution in [2.45, 2.75) is 18.9 Å². The van der Waals surface area contributed by atoms with E-state index < -0.39 is 0 Å². The Hall–Kier alpha value is -1.55. The molecule has 18 heavy (non-hydrogen) atoms. The molecule has 4 heteroatoms. The number of hydrogen-bond acceptors (Lipinski definition) is 3. The maximum absolute atomic E-state index is 11.2. The summed E-state index contributed by atoms with van der Waals surface area (Å²) in [5, 5.41) is 0.214. The summed E-state index contributed by atoms with van der Waals surface area (Å²) < 4.78 is 10.3. The topological polar surface area (TPSA) is 35.5 Å². The van der Waals surface area contributed by atoms with Gasteiger partial charge in [-0.2, -0.15) is 0 Å². The summed E-state index contributed by atoms with van der Waals surface area (Å²) in [6.07, 6.45) is 2.75. The minimum absolute atomic E-state index is 0.214. The van der Waals surface area contributed by atoms with E-state index in [4.69, 9.17) is 4.74 Å². The molecule has 0 bridgehead atoms. The summed E-state index contributed by atoms with van der Waals surface area (Å²) in [6, 6.07) is 7.01. The molecule has 0 atom stereocenters. The molecule has 1 aromatic rings. The van der Waals surface area contributed by atoms with E-state index >= 15 is 0 Å². The lowest BCUT2D eigenvalue weighted by Gasteiger charge is -2.18. The van der Waals surface area contributed by atoms with Crippen LogP contribution in [0.5, 0.6) is 5.75 Å². The first-order chi connectivity index (χ1) is 8.48. The van der Waals surface area contributed by atoms with Gasteiger partial charge >= 0.3 is 5.97 Å². The molecule has 0 fully saturated rings. The van der Waals surface area contributed by atoms with Crippen molar-refractivity contribution >= 4 is 15.5 Å². The highest BCUT2D eigenvalue weighted by atomic mass is 28.2. The molecule has 0 N–H and O–H groups in total. The van der Waals surface area contributed by atoms with Crippen molar-refractivity contribution in [2.24, 2.45) is 0 Å². The number of methoxy groups -OCH3 is 1. The molecule has 0 saturated carbocycles. The molecule has 3 nitrogen and oxygen atoms in total. The van der Waals surface area contributed by atoms with Gasteiger partial charge < -0.3 is 9.47 Å². The largest absolute Gasteiger partial charge is 0.498 e. The Morgan fingerprint density at radius 3 is 2.50 bits per heavy atom. The van der Waals surface area contributed by atoms with Gasteiger partial charge in [-0.15, -0.1) is 6.58 Å². The highest BCUT2D eigenvalue weighted by molar-refractivity contribution is 6.40. The van der Waals surface area contributed by atoms with Crippen LogP contribution in [0.3, 0.4) is 0 Å². The molecule has 0 aliphatic carbocycles. The van der Waals surface area contributed by atoms with Gasteiger partial charge in [-0.3, -0.25) is 0 Å². The van der Waals surface area contributed by atoms with Crippen LogP contribution in [0, 0.1) is 0 Å². The highest BCUT2D eigenvalue weighted by Gasteiger charge is 2.13. The molecular formula is C14H20O3Si. The van der Waals surface area contributed by atoms with E-state index in [2.05, 4.69) is 25.2 Å². The molecule has 0 aliphatic heterocycles. The fraction of sp³-hybridized carbons (Fsp3) is 0.357. The van der Waals surface area contributed by atoms with Crippen LogP contribution in [0.4, 0.5) is 0 Å². The summed E-state index contributed by atoms with van der Waals surface area (Å²) in [4.78, 5) is 11.2. The van der Waals surface area contributed by atoms with Crippen LogP contribution in [0.1, 0.15) is 24.2 Å². The predicted molar refractivity (Wildman–Crippen MR) is 76.1 cm³/mol. The Morgan fingerprint density at radius 2 is 2.00 bits per heavy atom. The van der Waals surface area contributed by atoms with Crippen molar-refractivity contribution in [3.8, 4) is 5.75 Å². The van der Waals surface area contributed by atoms with Crippen LogP contribution < -0.4 is 4.74 Å². The zero-order chi connectivity index (χ0) is 13.6. The van der Waals surface area contributed by atoms with Crippen molar-refractivity contribution in [2.75, 3.05) is 13.3 Å². The third kappa shape index (κ3) is 4.37. The van der Waals surface area contributed by atoms with E-state index in [0.717, 1.165) is 12.0 Å². The molecule has 1 rings (SSSR count). The fourth-order valence-electron chi connectivity index (χ4n) is 1.34. The van der Waals surface area contributed by atoms with Gasteiger partial charge in [0.05, 0.1) is 28.4 Å². The van der Waals surface area contributed by atoms with E-state index in [1.165, 1.54) is 7.11 Å². The van der Waals surface area contributed by atoms with Crippen LogP contribution in [-0.2, 0) is 4.74 Å². The van der Waals surface area contributed by atoms with Crippen LogP contribution >= 0.6 is 0 Å². The van der Waals surface area contributed by atoms with E-state index in [-0.39, 0.29) is 20.5 Å². The minimum Gasteiger partial charge on any atom is -0.498 e. The number of allylic oxidation sites excluding steroid dienone is 1. The van der Waals surface area contributed by atoms with E-state index in [1.54, 1.807) is 24.3 Å².